The molecule has 0 atom stereocenters. The van der Waals surface area contributed by atoms with Gasteiger partial charge in [0.05, 0.1) is 24.8 Å². The monoisotopic (exact) mass is 550 g/mol. The number of amides is 1. The number of carbonyl (C=O) groups excluding carboxylic acids is 1. The Bertz CT molecular complexity index is 1750. The highest BCUT2D eigenvalue weighted by Crippen LogP contribution is 2.33. The second kappa shape index (κ2) is 10.3. The van der Waals surface area contributed by atoms with Crippen LogP contribution in [0.4, 0.5) is 11.4 Å². The number of anilines is 2. The molecule has 1 heterocycles. The third-order valence-corrected chi connectivity index (χ3v) is 8.03. The fraction of sp³-hybridized carbons (Fsp3) is 0.107. The van der Waals surface area contributed by atoms with Gasteiger partial charge in [-0.3, -0.25) is 9.10 Å². The van der Waals surface area contributed by atoms with Gasteiger partial charge in [-0.1, -0.05) is 29.8 Å². The molecule has 0 saturated carbocycles. The number of methoxy groups -OCH3 is 2. The zero-order valence-electron chi connectivity index (χ0n) is 20.5. The van der Waals surface area contributed by atoms with Gasteiger partial charge in [0.2, 0.25) is 5.91 Å². The van der Waals surface area contributed by atoms with E-state index in [9.17, 15) is 13.2 Å². The van der Waals surface area contributed by atoms with Crippen LogP contribution in [0.1, 0.15) is 0 Å². The van der Waals surface area contributed by atoms with Crippen molar-refractivity contribution < 1.29 is 27.1 Å². The van der Waals surface area contributed by atoms with Gasteiger partial charge in [-0.15, -0.1) is 0 Å². The highest BCUT2D eigenvalue weighted by Gasteiger charge is 2.28. The molecule has 5 rings (SSSR count). The summed E-state index contributed by atoms with van der Waals surface area (Å²) in [5, 5.41) is 5.09. The molecule has 1 aromatic heterocycles. The summed E-state index contributed by atoms with van der Waals surface area (Å²) < 4.78 is 44.9. The van der Waals surface area contributed by atoms with Crippen LogP contribution < -0.4 is 19.1 Å². The first-order valence-corrected chi connectivity index (χ1v) is 13.3. The van der Waals surface area contributed by atoms with Crippen molar-refractivity contribution in [3.8, 4) is 11.5 Å². The maximum atomic E-state index is 13.7. The van der Waals surface area contributed by atoms with E-state index in [1.807, 2.05) is 30.3 Å². The number of hydrogen-bond acceptors (Lipinski definition) is 6. The van der Waals surface area contributed by atoms with Crippen LogP contribution in [0.25, 0.3) is 21.9 Å². The molecular formula is C28H23ClN2O6S. The molecule has 38 heavy (non-hydrogen) atoms. The van der Waals surface area contributed by atoms with Crippen LogP contribution in [-0.4, -0.2) is 35.1 Å². The van der Waals surface area contributed by atoms with Crippen molar-refractivity contribution in [3.63, 3.8) is 0 Å². The molecule has 0 spiro atoms. The zero-order chi connectivity index (χ0) is 26.9. The number of halogens is 1. The van der Waals surface area contributed by atoms with Crippen LogP contribution in [0.3, 0.4) is 0 Å². The summed E-state index contributed by atoms with van der Waals surface area (Å²) in [6, 6.07) is 23.4. The number of hydrogen-bond donors (Lipinski definition) is 1. The minimum Gasteiger partial charge on any atom is -0.493 e. The highest BCUT2D eigenvalue weighted by atomic mass is 35.5. The van der Waals surface area contributed by atoms with Crippen molar-refractivity contribution in [1.29, 1.82) is 0 Å². The van der Waals surface area contributed by atoms with Crippen molar-refractivity contribution in [2.45, 2.75) is 4.90 Å². The number of nitrogens with zero attached hydrogens (tertiary/aromatic N) is 1. The van der Waals surface area contributed by atoms with Gasteiger partial charge in [0.25, 0.3) is 10.0 Å². The maximum absolute atomic E-state index is 13.7. The lowest BCUT2D eigenvalue weighted by Crippen LogP contribution is -2.38. The molecule has 0 unspecified atom stereocenters. The molecule has 0 aliphatic rings. The minimum atomic E-state index is -4.19. The van der Waals surface area contributed by atoms with E-state index in [1.165, 1.54) is 44.6 Å². The Kier molecular flexibility index (Phi) is 6.88. The smallest absolute Gasteiger partial charge is 0.264 e. The van der Waals surface area contributed by atoms with Gasteiger partial charge in [0, 0.05) is 33.6 Å². The average molecular weight is 551 g/mol. The zero-order valence-corrected chi connectivity index (χ0v) is 22.0. The van der Waals surface area contributed by atoms with Gasteiger partial charge in [-0.2, -0.15) is 0 Å². The molecule has 0 aliphatic carbocycles. The van der Waals surface area contributed by atoms with Crippen molar-refractivity contribution in [3.05, 3.63) is 90.0 Å². The van der Waals surface area contributed by atoms with Crippen molar-refractivity contribution in [2.24, 2.45) is 0 Å². The summed E-state index contributed by atoms with van der Waals surface area (Å²) in [5.41, 5.74) is 2.09. The lowest BCUT2D eigenvalue weighted by Gasteiger charge is -2.24. The Labute approximate surface area is 224 Å². The second-order valence-electron chi connectivity index (χ2n) is 8.36. The lowest BCUT2D eigenvalue weighted by molar-refractivity contribution is -0.114. The van der Waals surface area contributed by atoms with Crippen LogP contribution in [0, 0.1) is 0 Å². The van der Waals surface area contributed by atoms with Crippen LogP contribution in [0.2, 0.25) is 5.02 Å². The van der Waals surface area contributed by atoms with E-state index in [0.717, 1.165) is 20.7 Å². The van der Waals surface area contributed by atoms with Crippen molar-refractivity contribution >= 4 is 60.8 Å². The Morgan fingerprint density at radius 3 is 2.32 bits per heavy atom. The number of carbonyl (C=O) groups is 1. The number of rotatable bonds is 8. The molecule has 4 aromatic carbocycles. The molecule has 0 fully saturated rings. The molecule has 5 aromatic rings. The molecule has 1 amide bonds. The predicted molar refractivity (Wildman–Crippen MR) is 148 cm³/mol. The number of fused-ring (bicyclic) bond motifs is 3. The van der Waals surface area contributed by atoms with Crippen molar-refractivity contribution in [2.75, 3.05) is 30.4 Å². The molecule has 0 radical (unpaired) electrons. The van der Waals surface area contributed by atoms with E-state index in [0.29, 0.717) is 22.0 Å². The third-order valence-electron chi connectivity index (χ3n) is 6.01. The fourth-order valence-electron chi connectivity index (χ4n) is 4.16. The maximum Gasteiger partial charge on any atom is 0.264 e. The lowest BCUT2D eigenvalue weighted by atomic mass is 10.1. The topological polar surface area (TPSA) is 98.1 Å². The van der Waals surface area contributed by atoms with E-state index in [2.05, 4.69) is 5.32 Å². The second-order valence-corrected chi connectivity index (χ2v) is 10.7. The summed E-state index contributed by atoms with van der Waals surface area (Å²) in [6.07, 6.45) is 0. The van der Waals surface area contributed by atoms with E-state index >= 15 is 0 Å². The fourth-order valence-corrected chi connectivity index (χ4v) is 5.72. The largest absolute Gasteiger partial charge is 0.493 e. The summed E-state index contributed by atoms with van der Waals surface area (Å²) in [6.45, 7) is -0.490. The van der Waals surface area contributed by atoms with Crippen LogP contribution >= 0.6 is 11.6 Å². The first-order valence-electron chi connectivity index (χ1n) is 11.5. The molecule has 10 heteroatoms. The number of ether oxygens (including phenoxy) is 2. The molecule has 0 aliphatic heterocycles. The molecular weight excluding hydrogens is 528 g/mol. The van der Waals surface area contributed by atoms with Gasteiger partial charge in [0.15, 0.2) is 11.5 Å². The van der Waals surface area contributed by atoms with Crippen molar-refractivity contribution in [1.82, 2.24) is 0 Å². The average Bonchev–Trinajstić information content (AvgIpc) is 3.29. The Morgan fingerprint density at radius 1 is 0.868 bits per heavy atom. The standard InChI is InChI=1S/C28H23ClN2O6S/c1-35-25-14-12-21(16-27(25)36-2)38(33,34)31(20-10-7-18(29)8-11-20)17-28(32)30-19-9-13-23-22-5-3-4-6-24(22)37-26(23)15-19/h3-16H,17H2,1-2H3,(H,30,32). The van der Waals surface area contributed by atoms with E-state index < -0.39 is 22.5 Å². The molecule has 0 saturated heterocycles. The number of sulfonamides is 1. The molecule has 1 N–H and O–H groups in total. The van der Waals surface area contributed by atoms with Crippen LogP contribution in [0.15, 0.2) is 94.2 Å². The third kappa shape index (κ3) is 4.85. The SMILES string of the molecule is COc1ccc(S(=O)(=O)N(CC(=O)Nc2ccc3c(c2)oc2ccccc23)c2ccc(Cl)cc2)cc1OC. The van der Waals surface area contributed by atoms with Crippen LogP contribution in [0.5, 0.6) is 11.5 Å². The van der Waals surface area contributed by atoms with Gasteiger partial charge in [-0.05, 0) is 54.6 Å². The number of nitrogens with one attached hydrogen (secondary N) is 1. The summed E-state index contributed by atoms with van der Waals surface area (Å²) in [7, 11) is -1.32. The first-order chi connectivity index (χ1) is 18.3. The predicted octanol–water partition coefficient (Wildman–Crippen LogP) is 6.09. The Balaban J connectivity index is 1.46. The van der Waals surface area contributed by atoms with Gasteiger partial charge < -0.3 is 19.2 Å². The number of para-hydroxylation sites is 1. The molecule has 8 nitrogen and oxygen atoms in total. The molecule has 0 bridgehead atoms. The molecule has 194 valence electrons. The normalized spacial score (nSPS) is 11.4. The summed E-state index contributed by atoms with van der Waals surface area (Å²) in [4.78, 5) is 13.1. The Morgan fingerprint density at radius 2 is 1.58 bits per heavy atom. The quantitative estimate of drug-likeness (QED) is 0.251. The highest BCUT2D eigenvalue weighted by molar-refractivity contribution is 7.92. The first kappa shape index (κ1) is 25.4. The van der Waals surface area contributed by atoms with Crippen LogP contribution in [-0.2, 0) is 14.8 Å². The van der Waals surface area contributed by atoms with Gasteiger partial charge >= 0.3 is 0 Å². The van der Waals surface area contributed by atoms with E-state index in [-0.39, 0.29) is 16.3 Å². The summed E-state index contributed by atoms with van der Waals surface area (Å²) >= 11 is 6.02. The van der Waals surface area contributed by atoms with Gasteiger partial charge in [0.1, 0.15) is 17.7 Å². The number of benzene rings is 4. The van der Waals surface area contributed by atoms with Gasteiger partial charge in [-0.25, -0.2) is 8.42 Å². The minimum absolute atomic E-state index is 0.0680. The number of furan rings is 1. The van der Waals surface area contributed by atoms with E-state index in [4.69, 9.17) is 25.5 Å². The summed E-state index contributed by atoms with van der Waals surface area (Å²) in [5.74, 6) is 0.0795. The Hall–Kier alpha value is -4.21. The van der Waals surface area contributed by atoms with E-state index in [1.54, 1.807) is 24.3 Å².